The fourth-order valence-corrected chi connectivity index (χ4v) is 1.55. The van der Waals surface area contributed by atoms with Gasteiger partial charge in [-0.05, 0) is 25.3 Å². The molecule has 4 heteroatoms. The van der Waals surface area contributed by atoms with Gasteiger partial charge in [0.2, 0.25) is 5.88 Å². The first-order valence-electron chi connectivity index (χ1n) is 4.50. The molecule has 4 nitrogen and oxygen atoms in total. The molecule has 0 aliphatic heterocycles. The molecule has 1 N–H and O–H groups in total. The van der Waals surface area contributed by atoms with Crippen molar-refractivity contribution in [2.75, 3.05) is 0 Å². The zero-order valence-corrected chi connectivity index (χ0v) is 7.82. The van der Waals surface area contributed by atoms with Gasteiger partial charge in [0.05, 0.1) is 0 Å². The van der Waals surface area contributed by atoms with Gasteiger partial charge in [-0.3, -0.25) is 9.36 Å². The summed E-state index contributed by atoms with van der Waals surface area (Å²) in [5.41, 5.74) is 0.518. The molecule has 0 spiro atoms. The number of aryl methyl sites for hydroxylation is 1. The second kappa shape index (κ2) is 2.88. The Kier molecular flexibility index (Phi) is 1.81. The van der Waals surface area contributed by atoms with Gasteiger partial charge in [-0.1, -0.05) is 0 Å². The molecule has 0 bridgehead atoms. The Bertz CT molecular complexity index is 478. The topological polar surface area (TPSA) is 66.0 Å². The molecule has 1 saturated carbocycles. The summed E-state index contributed by atoms with van der Waals surface area (Å²) in [4.78, 5) is 11.5. The maximum atomic E-state index is 11.5. The molecule has 1 aliphatic rings. The molecule has 0 aromatic carbocycles. The molecule has 1 aromatic heterocycles. The second-order valence-electron chi connectivity index (χ2n) is 3.58. The first-order chi connectivity index (χ1) is 6.65. The Balaban J connectivity index is 2.72. The van der Waals surface area contributed by atoms with Gasteiger partial charge in [-0.25, -0.2) is 0 Å². The van der Waals surface area contributed by atoms with E-state index in [1.54, 1.807) is 6.92 Å². The van der Waals surface area contributed by atoms with Crippen LogP contribution < -0.4 is 5.56 Å². The summed E-state index contributed by atoms with van der Waals surface area (Å²) in [5, 5.41) is 18.5. The lowest BCUT2D eigenvalue weighted by molar-refractivity contribution is 0.405. The number of pyridine rings is 1. The van der Waals surface area contributed by atoms with Gasteiger partial charge in [0.25, 0.3) is 5.56 Å². The number of nitriles is 1. The van der Waals surface area contributed by atoms with E-state index in [1.807, 2.05) is 6.07 Å². The number of rotatable bonds is 1. The second-order valence-corrected chi connectivity index (χ2v) is 3.58. The van der Waals surface area contributed by atoms with Crippen molar-refractivity contribution in [1.29, 1.82) is 5.26 Å². The van der Waals surface area contributed by atoms with Crippen LogP contribution in [0.5, 0.6) is 5.88 Å². The van der Waals surface area contributed by atoms with Crippen molar-refractivity contribution >= 4 is 0 Å². The lowest BCUT2D eigenvalue weighted by Crippen LogP contribution is -2.19. The summed E-state index contributed by atoms with van der Waals surface area (Å²) in [6, 6.07) is 3.40. The Morgan fingerprint density at radius 1 is 1.64 bits per heavy atom. The van der Waals surface area contributed by atoms with Crippen molar-refractivity contribution in [1.82, 2.24) is 4.57 Å². The van der Waals surface area contributed by atoms with E-state index in [0.29, 0.717) is 5.56 Å². The average Bonchev–Trinajstić information content (AvgIpc) is 2.88. The van der Waals surface area contributed by atoms with Gasteiger partial charge >= 0.3 is 0 Å². The molecular weight excluding hydrogens is 180 g/mol. The van der Waals surface area contributed by atoms with Gasteiger partial charge in [0.15, 0.2) is 0 Å². The number of nitrogens with zero attached hydrogens (tertiary/aromatic N) is 2. The van der Waals surface area contributed by atoms with Crippen molar-refractivity contribution in [3.8, 4) is 11.9 Å². The van der Waals surface area contributed by atoms with Gasteiger partial charge in [-0.15, -0.1) is 0 Å². The van der Waals surface area contributed by atoms with Crippen LogP contribution in [0.3, 0.4) is 0 Å². The largest absolute Gasteiger partial charge is 0.493 e. The molecule has 72 valence electrons. The van der Waals surface area contributed by atoms with Gasteiger partial charge in [-0.2, -0.15) is 5.26 Å². The summed E-state index contributed by atoms with van der Waals surface area (Å²) in [6.07, 6.45) is 1.81. The fraction of sp³-hybridized carbons (Fsp3) is 0.400. The molecule has 1 aromatic rings. The van der Waals surface area contributed by atoms with Crippen molar-refractivity contribution in [2.24, 2.45) is 0 Å². The van der Waals surface area contributed by atoms with Crippen LogP contribution in [0.1, 0.15) is 30.0 Å². The minimum atomic E-state index is -0.221. The zero-order chi connectivity index (χ0) is 10.3. The highest BCUT2D eigenvalue weighted by Crippen LogP contribution is 2.37. The molecule has 0 unspecified atom stereocenters. The summed E-state index contributed by atoms with van der Waals surface area (Å²) < 4.78 is 1.31. The van der Waals surface area contributed by atoms with E-state index < -0.39 is 0 Å². The highest BCUT2D eigenvalue weighted by molar-refractivity contribution is 5.44. The predicted molar refractivity (Wildman–Crippen MR) is 50.1 cm³/mol. The Morgan fingerprint density at radius 3 is 2.79 bits per heavy atom. The van der Waals surface area contributed by atoms with Crippen molar-refractivity contribution in [3.05, 3.63) is 27.5 Å². The van der Waals surface area contributed by atoms with Crippen molar-refractivity contribution in [2.45, 2.75) is 25.8 Å². The third-order valence-electron chi connectivity index (χ3n) is 2.45. The normalized spacial score (nSPS) is 15.1. The number of hydrogen-bond donors (Lipinski definition) is 1. The SMILES string of the molecule is Cc1cc(=O)n(C2CC2)c(O)c1C#N. The van der Waals surface area contributed by atoms with Gasteiger partial charge < -0.3 is 5.11 Å². The monoisotopic (exact) mass is 190 g/mol. The average molecular weight is 190 g/mol. The molecule has 0 radical (unpaired) electrons. The van der Waals surface area contributed by atoms with Crippen LogP contribution in [-0.4, -0.2) is 9.67 Å². The Labute approximate surface area is 81.0 Å². The standard InChI is InChI=1S/C10H10N2O2/c1-6-4-9(13)12(7-2-3-7)10(14)8(6)5-11/h4,7,14H,2-3H2,1H3. The maximum absolute atomic E-state index is 11.5. The maximum Gasteiger partial charge on any atom is 0.253 e. The number of hydrogen-bond acceptors (Lipinski definition) is 3. The zero-order valence-electron chi connectivity index (χ0n) is 7.82. The molecule has 1 heterocycles. The molecule has 2 rings (SSSR count). The van der Waals surface area contributed by atoms with Gasteiger partial charge in [0, 0.05) is 12.1 Å². The smallest absolute Gasteiger partial charge is 0.253 e. The molecule has 0 saturated heterocycles. The van der Waals surface area contributed by atoms with E-state index in [-0.39, 0.29) is 23.0 Å². The highest BCUT2D eigenvalue weighted by Gasteiger charge is 2.28. The van der Waals surface area contributed by atoms with Crippen LogP contribution in [0.2, 0.25) is 0 Å². The molecule has 1 fully saturated rings. The lowest BCUT2D eigenvalue weighted by atomic mass is 10.1. The Hall–Kier alpha value is -1.76. The summed E-state index contributed by atoms with van der Waals surface area (Å²) in [6.45, 7) is 1.65. The van der Waals surface area contributed by atoms with Crippen LogP contribution in [0, 0.1) is 18.3 Å². The van der Waals surface area contributed by atoms with Crippen LogP contribution in [0.25, 0.3) is 0 Å². The van der Waals surface area contributed by atoms with Crippen LogP contribution in [0.15, 0.2) is 10.9 Å². The van der Waals surface area contributed by atoms with E-state index in [2.05, 4.69) is 0 Å². The first kappa shape index (κ1) is 8.82. The quantitative estimate of drug-likeness (QED) is 0.720. The number of aromatic nitrogens is 1. The van der Waals surface area contributed by atoms with Crippen molar-refractivity contribution < 1.29 is 5.11 Å². The molecule has 1 aliphatic carbocycles. The highest BCUT2D eigenvalue weighted by atomic mass is 16.3. The lowest BCUT2D eigenvalue weighted by Gasteiger charge is -2.09. The fourth-order valence-electron chi connectivity index (χ4n) is 1.55. The predicted octanol–water partition coefficient (Wildman–Crippen LogP) is 1.07. The van der Waals surface area contributed by atoms with E-state index in [0.717, 1.165) is 12.8 Å². The summed E-state index contributed by atoms with van der Waals surface area (Å²) in [7, 11) is 0. The van der Waals surface area contributed by atoms with Crippen LogP contribution in [0.4, 0.5) is 0 Å². The van der Waals surface area contributed by atoms with Gasteiger partial charge in [0.1, 0.15) is 11.6 Å². The first-order valence-corrected chi connectivity index (χ1v) is 4.50. The molecule has 0 atom stereocenters. The van der Waals surface area contributed by atoms with Crippen LogP contribution in [-0.2, 0) is 0 Å². The molecular formula is C10H10N2O2. The van der Waals surface area contributed by atoms with E-state index in [1.165, 1.54) is 10.6 Å². The third-order valence-corrected chi connectivity index (χ3v) is 2.45. The molecule has 0 amide bonds. The number of aromatic hydroxyl groups is 1. The van der Waals surface area contributed by atoms with Crippen LogP contribution >= 0.6 is 0 Å². The van der Waals surface area contributed by atoms with Crippen molar-refractivity contribution in [3.63, 3.8) is 0 Å². The van der Waals surface area contributed by atoms with E-state index in [4.69, 9.17) is 5.26 Å². The van der Waals surface area contributed by atoms with E-state index in [9.17, 15) is 9.90 Å². The minimum absolute atomic E-state index is 0.0928. The summed E-state index contributed by atoms with van der Waals surface area (Å²) in [5.74, 6) is -0.181. The summed E-state index contributed by atoms with van der Waals surface area (Å²) >= 11 is 0. The van der Waals surface area contributed by atoms with E-state index >= 15 is 0 Å². The minimum Gasteiger partial charge on any atom is -0.493 e. The third kappa shape index (κ3) is 1.18. The Morgan fingerprint density at radius 2 is 2.29 bits per heavy atom. The molecule has 14 heavy (non-hydrogen) atoms.